The maximum absolute atomic E-state index is 4.81. The van der Waals surface area contributed by atoms with Gasteiger partial charge in [-0.2, -0.15) is 0 Å². The summed E-state index contributed by atoms with van der Waals surface area (Å²) in [5.41, 5.74) is 1.45. The summed E-state index contributed by atoms with van der Waals surface area (Å²) in [6, 6.07) is 0. The minimum Gasteiger partial charge on any atom is -0.399 e. The van der Waals surface area contributed by atoms with E-state index < -0.39 is 0 Å². The Morgan fingerprint density at radius 2 is 2.42 bits per heavy atom. The Morgan fingerprint density at radius 1 is 1.67 bits per heavy atom. The molecule has 2 rings (SSSR count). The highest BCUT2D eigenvalue weighted by Crippen LogP contribution is 2.36. The summed E-state index contributed by atoms with van der Waals surface area (Å²) in [7, 11) is 4.32. The zero-order valence-corrected chi connectivity index (χ0v) is 8.36. The fraction of sp³-hybridized carbons (Fsp3) is 0.857. The third-order valence-corrected chi connectivity index (χ3v) is 2.95. The molecular formula is C7H14N3OP. The van der Waals surface area contributed by atoms with E-state index in [1.54, 1.807) is 7.11 Å². The molecule has 12 heavy (non-hydrogen) atoms. The van der Waals surface area contributed by atoms with Crippen molar-refractivity contribution in [2.45, 2.75) is 0 Å². The molecule has 0 bridgehead atoms. The molecule has 1 unspecified atom stereocenters. The summed E-state index contributed by atoms with van der Waals surface area (Å²) in [6.45, 7) is 4.08. The fourth-order valence-corrected chi connectivity index (χ4v) is 2.67. The van der Waals surface area contributed by atoms with Gasteiger partial charge in [-0.25, -0.2) is 0 Å². The molecule has 1 N–H and O–H groups in total. The first-order valence-corrected chi connectivity index (χ1v) is 4.59. The highest BCUT2D eigenvalue weighted by Gasteiger charge is 2.48. The van der Waals surface area contributed by atoms with Gasteiger partial charge in [0.2, 0.25) is 0 Å². The lowest BCUT2D eigenvalue weighted by atomic mass is 9.79. The lowest BCUT2D eigenvalue weighted by molar-refractivity contribution is 0.154. The van der Waals surface area contributed by atoms with Gasteiger partial charge < -0.3 is 10.2 Å². The molecule has 4 nitrogen and oxygen atoms in total. The van der Waals surface area contributed by atoms with Gasteiger partial charge in [-0.3, -0.25) is 4.67 Å². The lowest BCUT2D eigenvalue weighted by Crippen LogP contribution is -2.56. The molecule has 2 aliphatic rings. The topological polar surface area (TPSA) is 36.9 Å². The van der Waals surface area contributed by atoms with Crippen LogP contribution in [0.2, 0.25) is 0 Å². The van der Waals surface area contributed by atoms with Crippen molar-refractivity contribution < 1.29 is 4.84 Å². The van der Waals surface area contributed by atoms with Crippen LogP contribution in [0, 0.1) is 5.41 Å². The van der Waals surface area contributed by atoms with E-state index in [2.05, 4.69) is 24.5 Å². The van der Waals surface area contributed by atoms with Crippen LogP contribution in [0.3, 0.4) is 0 Å². The summed E-state index contributed by atoms with van der Waals surface area (Å²) in [5, 5.41) is 7.38. The second kappa shape index (κ2) is 2.95. The molecular weight excluding hydrogens is 173 g/mol. The van der Waals surface area contributed by atoms with Crippen LogP contribution < -0.4 is 5.32 Å². The molecule has 1 atom stereocenters. The molecule has 2 saturated heterocycles. The maximum atomic E-state index is 4.81. The number of oxime groups is 1. The molecule has 0 aromatic rings. The summed E-state index contributed by atoms with van der Waals surface area (Å²) < 4.78 is 2.22. The maximum Gasteiger partial charge on any atom is 0.106 e. The molecule has 2 heterocycles. The van der Waals surface area contributed by atoms with Gasteiger partial charge in [-0.1, -0.05) is 14.5 Å². The average molecular weight is 187 g/mol. The second-order valence-electron chi connectivity index (χ2n) is 3.51. The summed E-state index contributed by atoms with van der Waals surface area (Å²) in [5.74, 6) is 0. The van der Waals surface area contributed by atoms with Crippen LogP contribution in [0.1, 0.15) is 0 Å². The SMILES string of the molecule is CO/N=C1\CNCC12CN(P)C2. The Kier molecular flexibility index (Phi) is 2.07. The molecule has 0 aromatic carbocycles. The Hall–Kier alpha value is -0.180. The minimum absolute atomic E-state index is 0.276. The van der Waals surface area contributed by atoms with E-state index in [9.17, 15) is 0 Å². The van der Waals surface area contributed by atoms with Crippen LogP contribution in [0.25, 0.3) is 0 Å². The van der Waals surface area contributed by atoms with Crippen LogP contribution in [0.15, 0.2) is 5.16 Å². The van der Waals surface area contributed by atoms with E-state index >= 15 is 0 Å². The molecule has 1 spiro atoms. The predicted molar refractivity (Wildman–Crippen MR) is 51.0 cm³/mol. The predicted octanol–water partition coefficient (Wildman–Crippen LogP) is -0.316. The number of nitrogens with zero attached hydrogens (tertiary/aromatic N) is 2. The normalized spacial score (nSPS) is 31.0. The lowest BCUT2D eigenvalue weighted by Gasteiger charge is -2.45. The Balaban J connectivity index is 2.10. The third kappa shape index (κ3) is 1.15. The van der Waals surface area contributed by atoms with Crippen LogP contribution in [-0.4, -0.2) is 43.7 Å². The van der Waals surface area contributed by atoms with Gasteiger partial charge in [0.1, 0.15) is 7.11 Å². The van der Waals surface area contributed by atoms with Crippen molar-refractivity contribution >= 4 is 15.1 Å². The number of hydrogen-bond donors (Lipinski definition) is 1. The van der Waals surface area contributed by atoms with Gasteiger partial charge in [-0.15, -0.1) is 0 Å². The number of hydrogen-bond acceptors (Lipinski definition) is 4. The average Bonchev–Trinajstić information content (AvgIpc) is 2.34. The number of nitrogens with one attached hydrogen (secondary N) is 1. The van der Waals surface area contributed by atoms with E-state index in [4.69, 9.17) is 4.84 Å². The van der Waals surface area contributed by atoms with Crippen molar-refractivity contribution in [1.29, 1.82) is 0 Å². The smallest absolute Gasteiger partial charge is 0.106 e. The van der Waals surface area contributed by atoms with Gasteiger partial charge in [0.05, 0.1) is 11.1 Å². The third-order valence-electron chi connectivity index (χ3n) is 2.58. The standard InChI is InChI=1S/C7H14N3OP/c1-11-9-6-2-8-3-7(6)4-10(12)5-7/h8H,2-5,12H2,1H3/b9-6+. The molecule has 0 aromatic heterocycles. The summed E-state index contributed by atoms with van der Waals surface area (Å²) in [4.78, 5) is 4.81. The van der Waals surface area contributed by atoms with Crippen LogP contribution in [0.5, 0.6) is 0 Å². The minimum atomic E-state index is 0.276. The van der Waals surface area contributed by atoms with Crippen molar-refractivity contribution in [1.82, 2.24) is 9.99 Å². The highest BCUT2D eigenvalue weighted by atomic mass is 31.0. The van der Waals surface area contributed by atoms with E-state index in [1.165, 1.54) is 5.71 Å². The highest BCUT2D eigenvalue weighted by molar-refractivity contribution is 7.13. The van der Waals surface area contributed by atoms with E-state index in [-0.39, 0.29) is 5.41 Å². The Morgan fingerprint density at radius 3 is 3.00 bits per heavy atom. The first-order chi connectivity index (χ1) is 5.77. The van der Waals surface area contributed by atoms with E-state index in [1.807, 2.05) is 0 Å². The molecule has 5 heteroatoms. The van der Waals surface area contributed by atoms with E-state index in [0.717, 1.165) is 26.2 Å². The molecule has 0 aliphatic carbocycles. The zero-order chi connectivity index (χ0) is 8.60. The van der Waals surface area contributed by atoms with Crippen molar-refractivity contribution in [3.63, 3.8) is 0 Å². The first kappa shape index (κ1) is 8.42. The van der Waals surface area contributed by atoms with Crippen molar-refractivity contribution in [2.75, 3.05) is 33.3 Å². The Bertz CT molecular complexity index is 213. The van der Waals surface area contributed by atoms with Gasteiger partial charge in [0.25, 0.3) is 0 Å². The Labute approximate surface area is 74.6 Å². The summed E-state index contributed by atoms with van der Waals surface area (Å²) >= 11 is 0. The van der Waals surface area contributed by atoms with Crippen LogP contribution in [-0.2, 0) is 4.84 Å². The molecule has 2 aliphatic heterocycles. The van der Waals surface area contributed by atoms with Gasteiger partial charge in [-0.05, 0) is 0 Å². The first-order valence-electron chi connectivity index (χ1n) is 4.08. The van der Waals surface area contributed by atoms with Gasteiger partial charge >= 0.3 is 0 Å². The summed E-state index contributed by atoms with van der Waals surface area (Å²) in [6.07, 6.45) is 0. The molecule has 68 valence electrons. The quantitative estimate of drug-likeness (QED) is 0.451. The van der Waals surface area contributed by atoms with E-state index in [0.29, 0.717) is 0 Å². The second-order valence-corrected chi connectivity index (χ2v) is 4.24. The zero-order valence-electron chi connectivity index (χ0n) is 7.21. The van der Waals surface area contributed by atoms with Crippen LogP contribution >= 0.6 is 9.39 Å². The monoisotopic (exact) mass is 187 g/mol. The molecule has 0 saturated carbocycles. The van der Waals surface area contributed by atoms with Crippen molar-refractivity contribution in [2.24, 2.45) is 10.6 Å². The fourth-order valence-electron chi connectivity index (χ4n) is 1.97. The van der Waals surface area contributed by atoms with Gasteiger partial charge in [0, 0.05) is 26.2 Å². The van der Waals surface area contributed by atoms with Crippen molar-refractivity contribution in [3.05, 3.63) is 0 Å². The molecule has 0 amide bonds. The van der Waals surface area contributed by atoms with Crippen LogP contribution in [0.4, 0.5) is 0 Å². The van der Waals surface area contributed by atoms with Gasteiger partial charge in [0.15, 0.2) is 0 Å². The van der Waals surface area contributed by atoms with Crippen molar-refractivity contribution in [3.8, 4) is 0 Å². The molecule has 0 radical (unpaired) electrons. The molecule has 2 fully saturated rings. The largest absolute Gasteiger partial charge is 0.399 e. The number of rotatable bonds is 1.